The molecule has 0 atom stereocenters. The molecule has 4 heteroatoms. The minimum Gasteiger partial charge on any atom is -0.355 e. The van der Waals surface area contributed by atoms with Crippen molar-refractivity contribution in [3.05, 3.63) is 34.9 Å². The summed E-state index contributed by atoms with van der Waals surface area (Å²) in [5, 5.41) is 6.87. The van der Waals surface area contributed by atoms with Crippen molar-refractivity contribution in [3.63, 3.8) is 0 Å². The number of nitrogens with one attached hydrogen (secondary N) is 2. The van der Waals surface area contributed by atoms with Gasteiger partial charge in [0, 0.05) is 26.7 Å². The van der Waals surface area contributed by atoms with E-state index in [1.807, 2.05) is 7.05 Å². The average Bonchev–Trinajstić information content (AvgIpc) is 3.06. The monoisotopic (exact) mass is 314 g/mol. The van der Waals surface area contributed by atoms with Crippen LogP contribution in [0.1, 0.15) is 42.4 Å². The molecular weight excluding hydrogens is 284 g/mol. The Bertz CT molecular complexity index is 532. The van der Waals surface area contributed by atoms with Crippen LogP contribution in [0.15, 0.2) is 23.2 Å². The molecule has 4 nitrogen and oxygen atoms in total. The Balaban J connectivity index is 1.40. The van der Waals surface area contributed by atoms with Crippen molar-refractivity contribution in [1.82, 2.24) is 15.5 Å². The molecule has 1 heterocycles. The first kappa shape index (κ1) is 16.3. The lowest BCUT2D eigenvalue weighted by molar-refractivity contribution is 0.232. The standard InChI is InChI=1S/C19H30N4/c1-20-19(21-10-13-23-11-3-2-4-12-23)22-15-16-8-9-17-6-5-7-18(17)14-16/h8-9,14H,2-7,10-13,15H2,1H3,(H2,20,21,22). The SMILES string of the molecule is CN=C(NCCN1CCCCC1)NCc1ccc2c(c1)CCC2. The first-order chi connectivity index (χ1) is 11.3. The molecule has 1 aliphatic heterocycles. The molecule has 1 saturated heterocycles. The van der Waals surface area contributed by atoms with Crippen molar-refractivity contribution in [2.45, 2.75) is 45.1 Å². The van der Waals surface area contributed by atoms with E-state index in [1.54, 1.807) is 0 Å². The summed E-state index contributed by atoms with van der Waals surface area (Å²) in [7, 11) is 1.85. The van der Waals surface area contributed by atoms with E-state index in [0.717, 1.165) is 25.6 Å². The van der Waals surface area contributed by atoms with Gasteiger partial charge < -0.3 is 15.5 Å². The summed E-state index contributed by atoms with van der Waals surface area (Å²) in [5.74, 6) is 0.905. The van der Waals surface area contributed by atoms with Crippen molar-refractivity contribution < 1.29 is 0 Å². The van der Waals surface area contributed by atoms with E-state index in [2.05, 4.69) is 38.7 Å². The first-order valence-electron chi connectivity index (χ1n) is 9.13. The highest BCUT2D eigenvalue weighted by Crippen LogP contribution is 2.22. The smallest absolute Gasteiger partial charge is 0.191 e. The van der Waals surface area contributed by atoms with Crippen LogP contribution in [0.2, 0.25) is 0 Å². The second-order valence-corrected chi connectivity index (χ2v) is 6.71. The van der Waals surface area contributed by atoms with Crippen LogP contribution in [-0.4, -0.2) is 44.1 Å². The molecule has 0 saturated carbocycles. The summed E-state index contributed by atoms with van der Waals surface area (Å²) in [5.41, 5.74) is 4.43. The molecule has 1 aromatic rings. The fourth-order valence-electron chi connectivity index (χ4n) is 3.66. The number of hydrogen-bond donors (Lipinski definition) is 2. The van der Waals surface area contributed by atoms with Gasteiger partial charge in [-0.15, -0.1) is 0 Å². The van der Waals surface area contributed by atoms with Gasteiger partial charge >= 0.3 is 0 Å². The van der Waals surface area contributed by atoms with Gasteiger partial charge in [-0.1, -0.05) is 24.6 Å². The van der Waals surface area contributed by atoms with E-state index in [4.69, 9.17) is 0 Å². The van der Waals surface area contributed by atoms with Gasteiger partial charge in [0.05, 0.1) is 0 Å². The van der Waals surface area contributed by atoms with E-state index in [1.165, 1.54) is 68.3 Å². The molecule has 1 aliphatic carbocycles. The zero-order valence-corrected chi connectivity index (χ0v) is 14.4. The average molecular weight is 314 g/mol. The molecule has 1 aromatic carbocycles. The van der Waals surface area contributed by atoms with Crippen LogP contribution < -0.4 is 10.6 Å². The summed E-state index contributed by atoms with van der Waals surface area (Å²) >= 11 is 0. The van der Waals surface area contributed by atoms with Crippen LogP contribution in [0.5, 0.6) is 0 Å². The third-order valence-electron chi connectivity index (χ3n) is 5.02. The van der Waals surface area contributed by atoms with Crippen LogP contribution in [0.4, 0.5) is 0 Å². The van der Waals surface area contributed by atoms with Gasteiger partial charge in [0.25, 0.3) is 0 Å². The second kappa shape index (κ2) is 8.34. The maximum Gasteiger partial charge on any atom is 0.191 e. The number of nitrogens with zero attached hydrogens (tertiary/aromatic N) is 2. The number of aryl methyl sites for hydroxylation is 2. The van der Waals surface area contributed by atoms with Crippen molar-refractivity contribution >= 4 is 5.96 Å². The summed E-state index contributed by atoms with van der Waals surface area (Å²) in [4.78, 5) is 6.88. The van der Waals surface area contributed by atoms with E-state index < -0.39 is 0 Å². The number of rotatable bonds is 5. The zero-order chi connectivity index (χ0) is 15.9. The largest absolute Gasteiger partial charge is 0.355 e. The highest BCUT2D eigenvalue weighted by atomic mass is 15.2. The number of piperidine rings is 1. The molecule has 2 aliphatic rings. The van der Waals surface area contributed by atoms with Crippen molar-refractivity contribution in [1.29, 1.82) is 0 Å². The Hall–Kier alpha value is -1.55. The molecule has 0 amide bonds. The quantitative estimate of drug-likeness (QED) is 0.647. The maximum absolute atomic E-state index is 4.33. The molecule has 0 radical (unpaired) electrons. The van der Waals surface area contributed by atoms with Gasteiger partial charge in [-0.25, -0.2) is 0 Å². The number of aliphatic imine (C=N–C) groups is 1. The molecule has 0 spiro atoms. The van der Waals surface area contributed by atoms with Crippen LogP contribution in [0, 0.1) is 0 Å². The second-order valence-electron chi connectivity index (χ2n) is 6.71. The molecule has 2 N–H and O–H groups in total. The molecule has 0 bridgehead atoms. The Morgan fingerprint density at radius 1 is 1.04 bits per heavy atom. The molecule has 0 aromatic heterocycles. The van der Waals surface area contributed by atoms with Gasteiger partial charge in [-0.05, 0) is 61.9 Å². The summed E-state index contributed by atoms with van der Waals surface area (Å²) in [6, 6.07) is 6.90. The van der Waals surface area contributed by atoms with E-state index in [0.29, 0.717) is 0 Å². The van der Waals surface area contributed by atoms with Gasteiger partial charge in [-0.2, -0.15) is 0 Å². The molecule has 0 unspecified atom stereocenters. The van der Waals surface area contributed by atoms with Crippen LogP contribution in [0.3, 0.4) is 0 Å². The van der Waals surface area contributed by atoms with E-state index >= 15 is 0 Å². The lowest BCUT2D eigenvalue weighted by Gasteiger charge is -2.26. The maximum atomic E-state index is 4.33. The lowest BCUT2D eigenvalue weighted by Crippen LogP contribution is -2.42. The number of hydrogen-bond acceptors (Lipinski definition) is 2. The highest BCUT2D eigenvalue weighted by molar-refractivity contribution is 5.79. The number of likely N-dealkylation sites (tertiary alicyclic amines) is 1. The Morgan fingerprint density at radius 3 is 2.70 bits per heavy atom. The summed E-state index contributed by atoms with van der Waals surface area (Å²) < 4.78 is 0. The zero-order valence-electron chi connectivity index (χ0n) is 14.4. The fraction of sp³-hybridized carbons (Fsp3) is 0.632. The van der Waals surface area contributed by atoms with Crippen LogP contribution in [-0.2, 0) is 19.4 Å². The van der Waals surface area contributed by atoms with E-state index in [-0.39, 0.29) is 0 Å². The minimum atomic E-state index is 0.844. The number of guanidine groups is 1. The predicted molar refractivity (Wildman–Crippen MR) is 97.0 cm³/mol. The van der Waals surface area contributed by atoms with Crippen molar-refractivity contribution in [2.75, 3.05) is 33.2 Å². The Labute approximate surface area is 140 Å². The fourth-order valence-corrected chi connectivity index (χ4v) is 3.66. The molecule has 23 heavy (non-hydrogen) atoms. The minimum absolute atomic E-state index is 0.844. The topological polar surface area (TPSA) is 39.7 Å². The summed E-state index contributed by atoms with van der Waals surface area (Å²) in [6.07, 6.45) is 7.91. The Morgan fingerprint density at radius 2 is 1.87 bits per heavy atom. The first-order valence-corrected chi connectivity index (χ1v) is 9.13. The van der Waals surface area contributed by atoms with Gasteiger partial charge in [0.2, 0.25) is 0 Å². The van der Waals surface area contributed by atoms with Crippen LogP contribution >= 0.6 is 0 Å². The third-order valence-corrected chi connectivity index (χ3v) is 5.02. The molecule has 126 valence electrons. The number of benzene rings is 1. The van der Waals surface area contributed by atoms with Gasteiger partial charge in [-0.3, -0.25) is 4.99 Å². The van der Waals surface area contributed by atoms with E-state index in [9.17, 15) is 0 Å². The molecule has 3 rings (SSSR count). The van der Waals surface area contributed by atoms with Crippen LogP contribution in [0.25, 0.3) is 0 Å². The van der Waals surface area contributed by atoms with Crippen molar-refractivity contribution in [2.24, 2.45) is 4.99 Å². The molecular formula is C19H30N4. The Kier molecular flexibility index (Phi) is 5.92. The molecule has 1 fully saturated rings. The summed E-state index contributed by atoms with van der Waals surface area (Å²) in [6.45, 7) is 5.42. The van der Waals surface area contributed by atoms with Gasteiger partial charge in [0.1, 0.15) is 0 Å². The van der Waals surface area contributed by atoms with Gasteiger partial charge in [0.15, 0.2) is 5.96 Å². The lowest BCUT2D eigenvalue weighted by atomic mass is 10.1. The third kappa shape index (κ3) is 4.71. The number of fused-ring (bicyclic) bond motifs is 1. The predicted octanol–water partition coefficient (Wildman–Crippen LogP) is 2.33. The van der Waals surface area contributed by atoms with Crippen molar-refractivity contribution in [3.8, 4) is 0 Å². The highest BCUT2D eigenvalue weighted by Gasteiger charge is 2.11. The normalized spacial score (nSPS) is 18.7.